The van der Waals surface area contributed by atoms with Crippen LogP contribution in [-0.4, -0.2) is 19.7 Å². The second kappa shape index (κ2) is 5.21. The number of hydrogen-bond donors (Lipinski definition) is 1. The summed E-state index contributed by atoms with van der Waals surface area (Å²) < 4.78 is 41.9. The minimum Gasteiger partial charge on any atom is -0.364 e. The van der Waals surface area contributed by atoms with Crippen LogP contribution >= 0.6 is 0 Å². The Bertz CT molecular complexity index is 456. The molecule has 0 bridgehead atoms. The minimum atomic E-state index is -4.32. The molecule has 2 atom stereocenters. The highest BCUT2D eigenvalue weighted by Crippen LogP contribution is 2.47. The van der Waals surface area contributed by atoms with Gasteiger partial charge in [-0.15, -0.1) is 0 Å². The van der Waals surface area contributed by atoms with Gasteiger partial charge in [-0.1, -0.05) is 12.1 Å². The van der Waals surface area contributed by atoms with E-state index in [0.717, 1.165) is 17.7 Å². The van der Waals surface area contributed by atoms with Crippen LogP contribution in [-0.2, 0) is 15.7 Å². The molecule has 3 nitrogen and oxygen atoms in total. The fraction of sp³-hybridized carbons (Fsp3) is 0.462. The zero-order valence-electron chi connectivity index (χ0n) is 10.3. The van der Waals surface area contributed by atoms with Gasteiger partial charge in [-0.05, 0) is 30.0 Å². The summed E-state index contributed by atoms with van der Waals surface area (Å²) in [5, 5.41) is 2.59. The van der Waals surface area contributed by atoms with Crippen LogP contribution in [0.25, 0.3) is 0 Å². The topological polar surface area (TPSA) is 38.3 Å². The van der Waals surface area contributed by atoms with E-state index in [0.29, 0.717) is 6.42 Å². The normalized spacial score (nSPS) is 22.1. The van der Waals surface area contributed by atoms with E-state index in [-0.39, 0.29) is 24.5 Å². The van der Waals surface area contributed by atoms with Crippen LogP contribution in [0.5, 0.6) is 0 Å². The van der Waals surface area contributed by atoms with E-state index >= 15 is 0 Å². The Balaban J connectivity index is 1.96. The highest BCUT2D eigenvalue weighted by molar-refractivity contribution is 5.82. The lowest BCUT2D eigenvalue weighted by molar-refractivity contribution is -0.137. The number of hydrogen-bond acceptors (Lipinski definition) is 2. The molecule has 2 rings (SSSR count). The molecular formula is C13H14F3NO2. The van der Waals surface area contributed by atoms with Crippen molar-refractivity contribution in [1.82, 2.24) is 5.32 Å². The third kappa shape index (κ3) is 3.26. The van der Waals surface area contributed by atoms with Gasteiger partial charge >= 0.3 is 6.18 Å². The quantitative estimate of drug-likeness (QED) is 0.856. The zero-order valence-corrected chi connectivity index (χ0v) is 10.3. The van der Waals surface area contributed by atoms with E-state index < -0.39 is 11.7 Å². The predicted octanol–water partition coefficient (Wildman–Crippen LogP) is 2.53. The summed E-state index contributed by atoms with van der Waals surface area (Å²) >= 11 is 0. The van der Waals surface area contributed by atoms with Crippen molar-refractivity contribution < 1.29 is 22.7 Å². The van der Waals surface area contributed by atoms with Gasteiger partial charge in [0.1, 0.15) is 6.73 Å². The molecule has 19 heavy (non-hydrogen) atoms. The molecule has 0 heterocycles. The van der Waals surface area contributed by atoms with E-state index in [1.54, 1.807) is 0 Å². The lowest BCUT2D eigenvalue weighted by Gasteiger charge is -2.07. The SMILES string of the molecule is COCNC(=O)C1CC1c1ccc(C(F)(F)F)cc1. The van der Waals surface area contributed by atoms with E-state index in [9.17, 15) is 18.0 Å². The van der Waals surface area contributed by atoms with Crippen molar-refractivity contribution in [3.05, 3.63) is 35.4 Å². The number of methoxy groups -OCH3 is 1. The number of carbonyl (C=O) groups excluding carboxylic acids is 1. The van der Waals surface area contributed by atoms with Crippen molar-refractivity contribution >= 4 is 5.91 Å². The molecule has 1 aliphatic rings. The molecule has 6 heteroatoms. The molecule has 0 spiro atoms. The van der Waals surface area contributed by atoms with Gasteiger partial charge in [0, 0.05) is 13.0 Å². The first-order valence-electron chi connectivity index (χ1n) is 5.87. The lowest BCUT2D eigenvalue weighted by atomic mass is 10.1. The average Bonchev–Trinajstić information content (AvgIpc) is 3.15. The van der Waals surface area contributed by atoms with Crippen molar-refractivity contribution in [2.24, 2.45) is 5.92 Å². The van der Waals surface area contributed by atoms with Crippen LogP contribution in [0.1, 0.15) is 23.5 Å². The van der Waals surface area contributed by atoms with Crippen LogP contribution in [0.4, 0.5) is 13.2 Å². The summed E-state index contributed by atoms with van der Waals surface area (Å²) in [5.41, 5.74) is 0.0999. The number of benzene rings is 1. The lowest BCUT2D eigenvalue weighted by Crippen LogP contribution is -2.27. The fourth-order valence-electron chi connectivity index (χ4n) is 2.05. The Morgan fingerprint density at radius 3 is 2.53 bits per heavy atom. The van der Waals surface area contributed by atoms with Crippen LogP contribution in [0.3, 0.4) is 0 Å². The van der Waals surface area contributed by atoms with Gasteiger partial charge in [-0.2, -0.15) is 13.2 Å². The van der Waals surface area contributed by atoms with Crippen LogP contribution in [0.2, 0.25) is 0 Å². The number of alkyl halides is 3. The molecule has 1 aliphatic carbocycles. The first-order chi connectivity index (χ1) is 8.93. The number of ether oxygens (including phenoxy) is 1. The summed E-state index contributed by atoms with van der Waals surface area (Å²) in [6, 6.07) is 4.99. The first-order valence-corrected chi connectivity index (χ1v) is 5.87. The first kappa shape index (κ1) is 13.9. The monoisotopic (exact) mass is 273 g/mol. The Morgan fingerprint density at radius 2 is 2.00 bits per heavy atom. The molecule has 0 aromatic heterocycles. The third-order valence-corrected chi connectivity index (χ3v) is 3.18. The smallest absolute Gasteiger partial charge is 0.364 e. The van der Waals surface area contributed by atoms with Gasteiger partial charge in [0.05, 0.1) is 5.56 Å². The molecule has 104 valence electrons. The van der Waals surface area contributed by atoms with Gasteiger partial charge in [0.15, 0.2) is 0 Å². The average molecular weight is 273 g/mol. The number of halogens is 3. The molecule has 0 saturated heterocycles. The second-order valence-corrected chi connectivity index (χ2v) is 4.54. The van der Waals surface area contributed by atoms with E-state index in [1.165, 1.54) is 19.2 Å². The summed E-state index contributed by atoms with van der Waals surface area (Å²) in [4.78, 5) is 11.6. The van der Waals surface area contributed by atoms with Crippen molar-refractivity contribution in [2.45, 2.75) is 18.5 Å². The van der Waals surface area contributed by atoms with Gasteiger partial charge in [-0.3, -0.25) is 4.79 Å². The molecule has 1 saturated carbocycles. The van der Waals surface area contributed by atoms with Gasteiger partial charge in [0.25, 0.3) is 0 Å². The fourth-order valence-corrected chi connectivity index (χ4v) is 2.05. The Kier molecular flexibility index (Phi) is 3.80. The maximum Gasteiger partial charge on any atom is 0.416 e. The summed E-state index contributed by atoms with van der Waals surface area (Å²) in [6.45, 7) is 0.148. The number of amides is 1. The second-order valence-electron chi connectivity index (χ2n) is 4.54. The van der Waals surface area contributed by atoms with Gasteiger partial charge in [0.2, 0.25) is 5.91 Å². The number of nitrogens with one attached hydrogen (secondary N) is 1. The van der Waals surface area contributed by atoms with Crippen molar-refractivity contribution in [3.8, 4) is 0 Å². The third-order valence-electron chi connectivity index (χ3n) is 3.18. The molecule has 1 amide bonds. The van der Waals surface area contributed by atoms with E-state index in [1.807, 2.05) is 0 Å². The maximum absolute atomic E-state index is 12.4. The molecule has 1 aromatic carbocycles. The van der Waals surface area contributed by atoms with Crippen LogP contribution < -0.4 is 5.32 Å². The van der Waals surface area contributed by atoms with Crippen molar-refractivity contribution in [2.75, 3.05) is 13.8 Å². The molecule has 1 aromatic rings. The molecular weight excluding hydrogens is 259 g/mol. The maximum atomic E-state index is 12.4. The summed E-state index contributed by atoms with van der Waals surface area (Å²) in [6.07, 6.45) is -3.65. The van der Waals surface area contributed by atoms with Crippen LogP contribution in [0.15, 0.2) is 24.3 Å². The number of rotatable bonds is 4. The van der Waals surface area contributed by atoms with E-state index in [4.69, 9.17) is 4.74 Å². The Hall–Kier alpha value is -1.56. The van der Waals surface area contributed by atoms with Crippen LogP contribution in [0, 0.1) is 5.92 Å². The highest BCUT2D eigenvalue weighted by Gasteiger charge is 2.44. The van der Waals surface area contributed by atoms with Gasteiger partial charge < -0.3 is 10.1 Å². The van der Waals surface area contributed by atoms with Gasteiger partial charge in [-0.25, -0.2) is 0 Å². The Labute approximate surface area is 108 Å². The summed E-state index contributed by atoms with van der Waals surface area (Å²) in [5.74, 6) is -0.266. The van der Waals surface area contributed by atoms with Crippen molar-refractivity contribution in [1.29, 1.82) is 0 Å². The largest absolute Gasteiger partial charge is 0.416 e. The molecule has 1 fully saturated rings. The standard InChI is InChI=1S/C13H14F3NO2/c1-19-7-17-12(18)11-6-10(11)8-2-4-9(5-3-8)13(14,15)16/h2-5,10-11H,6-7H2,1H3,(H,17,18). The zero-order chi connectivity index (χ0) is 14.0. The Morgan fingerprint density at radius 1 is 1.37 bits per heavy atom. The van der Waals surface area contributed by atoms with E-state index in [2.05, 4.69) is 5.32 Å². The minimum absolute atomic E-state index is 0.0131. The summed E-state index contributed by atoms with van der Waals surface area (Å²) in [7, 11) is 1.47. The highest BCUT2D eigenvalue weighted by atomic mass is 19.4. The number of carbonyl (C=O) groups is 1. The molecule has 0 aliphatic heterocycles. The molecule has 1 N–H and O–H groups in total. The molecule has 0 radical (unpaired) electrons. The predicted molar refractivity (Wildman–Crippen MR) is 62.3 cm³/mol. The van der Waals surface area contributed by atoms with Crippen molar-refractivity contribution in [3.63, 3.8) is 0 Å². The molecule has 2 unspecified atom stereocenters.